The van der Waals surface area contributed by atoms with Gasteiger partial charge in [-0.05, 0) is 17.9 Å². The smallest absolute Gasteiger partial charge is 0.0782 e. The Morgan fingerprint density at radius 1 is 1.05 bits per heavy atom. The molecule has 1 aromatic rings. The van der Waals surface area contributed by atoms with Crippen molar-refractivity contribution >= 4 is 17.2 Å². The molecule has 20 heavy (non-hydrogen) atoms. The number of hydrogen-bond donors (Lipinski definition) is 0. The molecule has 0 radical (unpaired) electrons. The lowest BCUT2D eigenvalue weighted by molar-refractivity contribution is 0.357. The third-order valence-electron chi connectivity index (χ3n) is 5.00. The molecule has 3 rings (SSSR count). The van der Waals surface area contributed by atoms with E-state index in [1.165, 1.54) is 49.1 Å². The van der Waals surface area contributed by atoms with Crippen LogP contribution >= 0.6 is 12.2 Å². The summed E-state index contributed by atoms with van der Waals surface area (Å²) in [5, 5.41) is 0. The zero-order chi connectivity index (χ0) is 13.8. The highest BCUT2D eigenvalue weighted by molar-refractivity contribution is 7.80. The number of hydrogen-bond acceptors (Lipinski definition) is 1. The van der Waals surface area contributed by atoms with Crippen LogP contribution in [0, 0.1) is 5.92 Å². The van der Waals surface area contributed by atoms with E-state index in [1.807, 2.05) is 0 Å². The summed E-state index contributed by atoms with van der Waals surface area (Å²) >= 11 is 5.72. The van der Waals surface area contributed by atoms with Crippen molar-refractivity contribution in [2.75, 3.05) is 13.1 Å². The first-order valence-corrected chi connectivity index (χ1v) is 8.56. The normalized spacial score (nSPS) is 24.0. The van der Waals surface area contributed by atoms with Gasteiger partial charge >= 0.3 is 0 Å². The Morgan fingerprint density at radius 2 is 1.80 bits per heavy atom. The molecule has 1 saturated heterocycles. The lowest BCUT2D eigenvalue weighted by atomic mass is 9.87. The van der Waals surface area contributed by atoms with Gasteiger partial charge in [-0.1, -0.05) is 74.7 Å². The van der Waals surface area contributed by atoms with Crippen molar-refractivity contribution in [2.24, 2.45) is 5.92 Å². The van der Waals surface area contributed by atoms with Crippen LogP contribution in [0.5, 0.6) is 0 Å². The second-order valence-electron chi connectivity index (χ2n) is 6.44. The van der Waals surface area contributed by atoms with Gasteiger partial charge in [0.25, 0.3) is 0 Å². The Labute approximate surface area is 128 Å². The summed E-state index contributed by atoms with van der Waals surface area (Å²) in [6.07, 6.45) is 9.49. The number of likely N-dealkylation sites (tertiary alicyclic amines) is 1. The monoisotopic (exact) mass is 287 g/mol. The standard InChI is InChI=1S/C18H25NS/c20-18(13-15-7-3-1-4-8-15)19-12-11-17(14-19)16-9-5-2-6-10-16/h2,5-6,9-10,15,17H,1,3-4,7-8,11-14H2. The van der Waals surface area contributed by atoms with Crippen molar-refractivity contribution in [3.05, 3.63) is 35.9 Å². The summed E-state index contributed by atoms with van der Waals surface area (Å²) in [6, 6.07) is 10.9. The van der Waals surface area contributed by atoms with Crippen molar-refractivity contribution in [1.29, 1.82) is 0 Å². The van der Waals surface area contributed by atoms with Crippen LogP contribution in [-0.2, 0) is 0 Å². The fourth-order valence-corrected chi connectivity index (χ4v) is 4.15. The quantitative estimate of drug-likeness (QED) is 0.736. The van der Waals surface area contributed by atoms with Gasteiger partial charge in [0.15, 0.2) is 0 Å². The average molecular weight is 287 g/mol. The van der Waals surface area contributed by atoms with Crippen LogP contribution in [0.25, 0.3) is 0 Å². The maximum Gasteiger partial charge on any atom is 0.0782 e. The van der Waals surface area contributed by atoms with Gasteiger partial charge in [-0.3, -0.25) is 0 Å². The highest BCUT2D eigenvalue weighted by Gasteiger charge is 2.26. The zero-order valence-corrected chi connectivity index (χ0v) is 13.1. The lowest BCUT2D eigenvalue weighted by Gasteiger charge is -2.26. The van der Waals surface area contributed by atoms with Crippen LogP contribution in [0.1, 0.15) is 56.4 Å². The second kappa shape index (κ2) is 6.71. The second-order valence-corrected chi connectivity index (χ2v) is 6.92. The minimum absolute atomic E-state index is 0.681. The molecule has 2 fully saturated rings. The third kappa shape index (κ3) is 3.41. The summed E-state index contributed by atoms with van der Waals surface area (Å²) in [5.74, 6) is 1.55. The first-order valence-electron chi connectivity index (χ1n) is 8.15. The van der Waals surface area contributed by atoms with Crippen LogP contribution < -0.4 is 0 Å². The van der Waals surface area contributed by atoms with Crippen molar-refractivity contribution in [3.8, 4) is 0 Å². The first-order chi connectivity index (χ1) is 9.83. The molecule has 1 saturated carbocycles. The summed E-state index contributed by atoms with van der Waals surface area (Å²) in [4.78, 5) is 3.71. The van der Waals surface area contributed by atoms with E-state index in [1.54, 1.807) is 0 Å². The van der Waals surface area contributed by atoms with E-state index in [9.17, 15) is 0 Å². The highest BCUT2D eigenvalue weighted by Crippen LogP contribution is 2.31. The van der Waals surface area contributed by atoms with Crippen LogP contribution in [0.15, 0.2) is 30.3 Å². The van der Waals surface area contributed by atoms with E-state index in [0.29, 0.717) is 5.92 Å². The molecule has 1 atom stereocenters. The highest BCUT2D eigenvalue weighted by atomic mass is 32.1. The van der Waals surface area contributed by atoms with Crippen LogP contribution in [0.3, 0.4) is 0 Å². The first kappa shape index (κ1) is 14.1. The molecular formula is C18H25NS. The van der Waals surface area contributed by atoms with E-state index in [2.05, 4.69) is 35.2 Å². The molecule has 0 N–H and O–H groups in total. The van der Waals surface area contributed by atoms with Gasteiger partial charge in [0.05, 0.1) is 4.99 Å². The molecule has 0 spiro atoms. The summed E-state index contributed by atoms with van der Waals surface area (Å²) in [7, 11) is 0. The van der Waals surface area contributed by atoms with Crippen LogP contribution in [0.2, 0.25) is 0 Å². The summed E-state index contributed by atoms with van der Waals surface area (Å²) in [5.41, 5.74) is 1.48. The molecule has 108 valence electrons. The number of nitrogens with zero attached hydrogens (tertiary/aromatic N) is 1. The Balaban J connectivity index is 1.53. The van der Waals surface area contributed by atoms with E-state index < -0.39 is 0 Å². The van der Waals surface area contributed by atoms with Gasteiger partial charge in [-0.2, -0.15) is 0 Å². The predicted octanol–water partition coefficient (Wildman–Crippen LogP) is 4.77. The van der Waals surface area contributed by atoms with E-state index in [0.717, 1.165) is 25.4 Å². The topological polar surface area (TPSA) is 3.24 Å². The van der Waals surface area contributed by atoms with E-state index >= 15 is 0 Å². The summed E-state index contributed by atoms with van der Waals surface area (Å²) < 4.78 is 0. The zero-order valence-electron chi connectivity index (χ0n) is 12.3. The molecule has 0 aromatic heterocycles. The van der Waals surface area contributed by atoms with Gasteiger partial charge in [-0.15, -0.1) is 0 Å². The minimum atomic E-state index is 0.681. The van der Waals surface area contributed by atoms with E-state index in [4.69, 9.17) is 12.2 Å². The van der Waals surface area contributed by atoms with Crippen molar-refractivity contribution in [2.45, 2.75) is 50.9 Å². The number of benzene rings is 1. The van der Waals surface area contributed by atoms with Gasteiger partial charge in [0.1, 0.15) is 0 Å². The molecule has 0 amide bonds. The Bertz CT molecular complexity index is 436. The number of thiocarbonyl (C=S) groups is 1. The summed E-state index contributed by atoms with van der Waals surface area (Å²) in [6.45, 7) is 2.29. The Morgan fingerprint density at radius 3 is 2.55 bits per heavy atom. The molecule has 1 nitrogen and oxygen atoms in total. The fraction of sp³-hybridized carbons (Fsp3) is 0.611. The molecule has 2 aliphatic rings. The van der Waals surface area contributed by atoms with Gasteiger partial charge < -0.3 is 4.90 Å². The molecule has 1 aromatic carbocycles. The average Bonchev–Trinajstić information content (AvgIpc) is 2.99. The van der Waals surface area contributed by atoms with Crippen LogP contribution in [-0.4, -0.2) is 23.0 Å². The predicted molar refractivity (Wildman–Crippen MR) is 89.2 cm³/mol. The SMILES string of the molecule is S=C(CC1CCCCC1)N1CCC(c2ccccc2)C1. The maximum absolute atomic E-state index is 5.72. The molecule has 2 heteroatoms. The fourth-order valence-electron chi connectivity index (χ4n) is 3.75. The van der Waals surface area contributed by atoms with Crippen molar-refractivity contribution < 1.29 is 0 Å². The Kier molecular flexibility index (Phi) is 4.72. The molecule has 1 heterocycles. The largest absolute Gasteiger partial charge is 0.366 e. The van der Waals surface area contributed by atoms with Gasteiger partial charge in [-0.25, -0.2) is 0 Å². The molecule has 0 bridgehead atoms. The minimum Gasteiger partial charge on any atom is -0.366 e. The van der Waals surface area contributed by atoms with Crippen LogP contribution in [0.4, 0.5) is 0 Å². The maximum atomic E-state index is 5.72. The molecule has 1 unspecified atom stereocenters. The molecule has 1 aliphatic carbocycles. The Hall–Kier alpha value is -0.890. The van der Waals surface area contributed by atoms with Crippen molar-refractivity contribution in [1.82, 2.24) is 4.90 Å². The van der Waals surface area contributed by atoms with Gasteiger partial charge in [0, 0.05) is 25.4 Å². The van der Waals surface area contributed by atoms with E-state index in [-0.39, 0.29) is 0 Å². The molecule has 1 aliphatic heterocycles. The lowest BCUT2D eigenvalue weighted by Crippen LogP contribution is -2.29. The molecular weight excluding hydrogens is 262 g/mol. The third-order valence-corrected chi connectivity index (χ3v) is 5.42. The number of rotatable bonds is 3. The van der Waals surface area contributed by atoms with Gasteiger partial charge in [0.2, 0.25) is 0 Å². The van der Waals surface area contributed by atoms with Crippen molar-refractivity contribution in [3.63, 3.8) is 0 Å².